The molecule has 3 aromatic rings. The number of nitrogen functional groups attached to an aromatic ring is 1. The molecule has 1 aliphatic heterocycles. The maximum absolute atomic E-state index is 6.03. The van der Waals surface area contributed by atoms with E-state index in [2.05, 4.69) is 23.3 Å². The molecule has 0 saturated heterocycles. The molecule has 0 fully saturated rings. The summed E-state index contributed by atoms with van der Waals surface area (Å²) in [4.78, 5) is 7.19. The van der Waals surface area contributed by atoms with Crippen molar-refractivity contribution in [1.82, 2.24) is 14.3 Å². The molecule has 6 nitrogen and oxygen atoms in total. The van der Waals surface area contributed by atoms with Gasteiger partial charge < -0.3 is 24.5 Å². The molecule has 4 rings (SSSR count). The minimum absolute atomic E-state index is 0.271. The van der Waals surface area contributed by atoms with E-state index >= 15 is 0 Å². The van der Waals surface area contributed by atoms with Crippen LogP contribution in [0.4, 0.5) is 5.69 Å². The summed E-state index contributed by atoms with van der Waals surface area (Å²) in [5, 5.41) is 0. The third kappa shape index (κ3) is 3.08. The summed E-state index contributed by atoms with van der Waals surface area (Å²) in [5.41, 5.74) is 10.8. The van der Waals surface area contributed by atoms with Crippen molar-refractivity contribution in [2.24, 2.45) is 0 Å². The number of fused-ring (bicyclic) bond motifs is 2. The topological polar surface area (TPSA) is 65.0 Å². The van der Waals surface area contributed by atoms with Crippen molar-refractivity contribution >= 4 is 11.3 Å². The van der Waals surface area contributed by atoms with E-state index in [1.807, 2.05) is 36.5 Å². The van der Waals surface area contributed by atoms with Gasteiger partial charge in [0.2, 0.25) is 6.79 Å². The van der Waals surface area contributed by atoms with Crippen molar-refractivity contribution in [2.45, 2.75) is 26.3 Å². The molecule has 0 unspecified atom stereocenters. The fourth-order valence-electron chi connectivity index (χ4n) is 3.30. The SMILES string of the molecule is CCCCN(C)Cc1c(-c2ccc3c(c2)OCO3)nc2ccc(N)cn12. The summed E-state index contributed by atoms with van der Waals surface area (Å²) >= 11 is 0. The molecule has 0 saturated carbocycles. The minimum Gasteiger partial charge on any atom is -0.454 e. The van der Waals surface area contributed by atoms with Gasteiger partial charge in [0.05, 0.1) is 11.4 Å². The summed E-state index contributed by atoms with van der Waals surface area (Å²) in [6, 6.07) is 9.83. The lowest BCUT2D eigenvalue weighted by molar-refractivity contribution is 0.174. The van der Waals surface area contributed by atoms with Crippen molar-refractivity contribution in [3.8, 4) is 22.8 Å². The zero-order valence-corrected chi connectivity index (χ0v) is 15.2. The highest BCUT2D eigenvalue weighted by Gasteiger charge is 2.19. The van der Waals surface area contributed by atoms with Gasteiger partial charge in [0.15, 0.2) is 11.5 Å². The highest BCUT2D eigenvalue weighted by atomic mass is 16.7. The Morgan fingerprint density at radius 1 is 1.19 bits per heavy atom. The van der Waals surface area contributed by atoms with Crippen LogP contribution < -0.4 is 15.2 Å². The van der Waals surface area contributed by atoms with Gasteiger partial charge in [-0.1, -0.05) is 13.3 Å². The Balaban J connectivity index is 1.79. The van der Waals surface area contributed by atoms with Gasteiger partial charge >= 0.3 is 0 Å². The molecule has 3 heterocycles. The molecule has 6 heteroatoms. The number of ether oxygens (including phenoxy) is 2. The van der Waals surface area contributed by atoms with Crippen LogP contribution in [0.5, 0.6) is 11.5 Å². The van der Waals surface area contributed by atoms with Gasteiger partial charge in [-0.2, -0.15) is 0 Å². The number of pyridine rings is 1. The summed E-state index contributed by atoms with van der Waals surface area (Å²) in [5.74, 6) is 1.55. The predicted molar refractivity (Wildman–Crippen MR) is 102 cm³/mol. The third-order valence-corrected chi connectivity index (χ3v) is 4.70. The van der Waals surface area contributed by atoms with Crippen molar-refractivity contribution in [3.05, 3.63) is 42.2 Å². The highest BCUT2D eigenvalue weighted by Crippen LogP contribution is 2.37. The molecule has 0 radical (unpaired) electrons. The van der Waals surface area contributed by atoms with E-state index in [1.165, 1.54) is 12.8 Å². The van der Waals surface area contributed by atoms with Gasteiger partial charge in [0.25, 0.3) is 0 Å². The molecular weight excluding hydrogens is 328 g/mol. The van der Waals surface area contributed by atoms with Gasteiger partial charge in [-0.25, -0.2) is 4.98 Å². The maximum atomic E-state index is 6.03. The van der Waals surface area contributed by atoms with E-state index < -0.39 is 0 Å². The van der Waals surface area contributed by atoms with Gasteiger partial charge in [0.1, 0.15) is 5.65 Å². The van der Waals surface area contributed by atoms with Crippen molar-refractivity contribution < 1.29 is 9.47 Å². The molecule has 26 heavy (non-hydrogen) atoms. The molecule has 136 valence electrons. The number of anilines is 1. The molecule has 0 spiro atoms. The molecule has 0 bridgehead atoms. The fourth-order valence-corrected chi connectivity index (χ4v) is 3.30. The fraction of sp³-hybridized carbons (Fsp3) is 0.350. The van der Waals surface area contributed by atoms with Gasteiger partial charge in [-0.15, -0.1) is 0 Å². The van der Waals surface area contributed by atoms with E-state index in [0.717, 1.165) is 52.9 Å². The predicted octanol–water partition coefficient (Wildman–Crippen LogP) is 3.54. The molecule has 1 aliphatic rings. The first-order chi connectivity index (χ1) is 12.7. The Morgan fingerprint density at radius 3 is 2.88 bits per heavy atom. The number of nitrogens with zero attached hydrogens (tertiary/aromatic N) is 3. The van der Waals surface area contributed by atoms with Crippen LogP contribution in [0.15, 0.2) is 36.5 Å². The monoisotopic (exact) mass is 352 g/mol. The van der Waals surface area contributed by atoms with E-state index in [0.29, 0.717) is 0 Å². The van der Waals surface area contributed by atoms with E-state index in [1.54, 1.807) is 0 Å². The Bertz CT molecular complexity index is 935. The number of hydrogen-bond donors (Lipinski definition) is 1. The van der Waals surface area contributed by atoms with Crippen molar-refractivity contribution in [2.75, 3.05) is 26.1 Å². The minimum atomic E-state index is 0.271. The Kier molecular flexibility index (Phi) is 4.42. The van der Waals surface area contributed by atoms with Crippen LogP contribution in [-0.2, 0) is 6.54 Å². The molecule has 0 atom stereocenters. The largest absolute Gasteiger partial charge is 0.454 e. The average molecular weight is 352 g/mol. The van der Waals surface area contributed by atoms with Crippen molar-refractivity contribution in [1.29, 1.82) is 0 Å². The van der Waals surface area contributed by atoms with Crippen LogP contribution in [0.3, 0.4) is 0 Å². The Hall–Kier alpha value is -2.73. The van der Waals surface area contributed by atoms with Crippen LogP contribution in [0.2, 0.25) is 0 Å². The Labute approximate surface area is 153 Å². The molecule has 2 aromatic heterocycles. The lowest BCUT2D eigenvalue weighted by Gasteiger charge is -2.17. The second kappa shape index (κ2) is 6.88. The molecule has 1 aromatic carbocycles. The quantitative estimate of drug-likeness (QED) is 0.735. The number of aromatic nitrogens is 2. The first-order valence-corrected chi connectivity index (χ1v) is 9.00. The first-order valence-electron chi connectivity index (χ1n) is 9.00. The van der Waals surface area contributed by atoms with Gasteiger partial charge in [0, 0.05) is 24.0 Å². The lowest BCUT2D eigenvalue weighted by atomic mass is 10.1. The van der Waals surface area contributed by atoms with Crippen LogP contribution in [0.1, 0.15) is 25.5 Å². The van der Waals surface area contributed by atoms with Crippen LogP contribution >= 0.6 is 0 Å². The number of rotatable bonds is 6. The molecule has 2 N–H and O–H groups in total. The zero-order valence-electron chi connectivity index (χ0n) is 15.2. The second-order valence-electron chi connectivity index (χ2n) is 6.76. The molecule has 0 amide bonds. The average Bonchev–Trinajstić information content (AvgIpc) is 3.24. The van der Waals surface area contributed by atoms with Crippen molar-refractivity contribution in [3.63, 3.8) is 0 Å². The smallest absolute Gasteiger partial charge is 0.231 e. The van der Waals surface area contributed by atoms with Crippen LogP contribution in [0.25, 0.3) is 16.9 Å². The number of unbranched alkanes of at least 4 members (excludes halogenated alkanes) is 1. The normalized spacial score (nSPS) is 13.0. The number of benzene rings is 1. The Morgan fingerprint density at radius 2 is 2.04 bits per heavy atom. The van der Waals surface area contributed by atoms with E-state index in [9.17, 15) is 0 Å². The summed E-state index contributed by atoms with van der Waals surface area (Å²) in [7, 11) is 2.14. The zero-order chi connectivity index (χ0) is 18.1. The maximum Gasteiger partial charge on any atom is 0.231 e. The van der Waals surface area contributed by atoms with Gasteiger partial charge in [-0.05, 0) is 50.3 Å². The van der Waals surface area contributed by atoms with E-state index in [4.69, 9.17) is 20.2 Å². The first kappa shape index (κ1) is 16.7. The summed E-state index contributed by atoms with van der Waals surface area (Å²) < 4.78 is 13.1. The molecule has 0 aliphatic carbocycles. The number of imidazole rings is 1. The van der Waals surface area contributed by atoms with Crippen LogP contribution in [-0.4, -0.2) is 34.7 Å². The standard InChI is InChI=1S/C20H24N4O2/c1-3-4-9-23(2)12-16-20(22-19-8-6-15(21)11-24(16)19)14-5-7-17-18(10-14)26-13-25-17/h5-8,10-11H,3-4,9,12-13,21H2,1-2H3. The van der Waals surface area contributed by atoms with Crippen LogP contribution in [0, 0.1) is 0 Å². The molecular formula is C20H24N4O2. The number of nitrogens with two attached hydrogens (primary N) is 1. The third-order valence-electron chi connectivity index (χ3n) is 4.70. The highest BCUT2D eigenvalue weighted by molar-refractivity contribution is 5.70. The number of hydrogen-bond acceptors (Lipinski definition) is 5. The summed E-state index contributed by atoms with van der Waals surface area (Å²) in [6.45, 7) is 4.33. The van der Waals surface area contributed by atoms with E-state index in [-0.39, 0.29) is 6.79 Å². The summed E-state index contributed by atoms with van der Waals surface area (Å²) in [6.07, 6.45) is 4.30. The second-order valence-corrected chi connectivity index (χ2v) is 6.76. The lowest BCUT2D eigenvalue weighted by Crippen LogP contribution is -2.20. The van der Waals surface area contributed by atoms with Gasteiger partial charge in [-0.3, -0.25) is 0 Å².